The van der Waals surface area contributed by atoms with Crippen LogP contribution in [0.2, 0.25) is 10.0 Å². The molecule has 0 bridgehead atoms. The van der Waals surface area contributed by atoms with Crippen molar-refractivity contribution in [1.29, 1.82) is 0 Å². The van der Waals surface area contributed by atoms with Crippen LogP contribution in [0.3, 0.4) is 0 Å². The molecule has 4 rings (SSSR count). The first kappa shape index (κ1) is 17.6. The normalized spacial score (nSPS) is 11.3. The lowest BCUT2D eigenvalue weighted by atomic mass is 10.0. The van der Waals surface area contributed by atoms with E-state index in [1.54, 1.807) is 12.1 Å². The van der Waals surface area contributed by atoms with Gasteiger partial charge in [0.15, 0.2) is 5.76 Å². The summed E-state index contributed by atoms with van der Waals surface area (Å²) in [5.74, 6) is 0.352. The Morgan fingerprint density at radius 3 is 2.56 bits per heavy atom. The number of hydrogen-bond acceptors (Lipinski definition) is 5. The highest BCUT2D eigenvalue weighted by molar-refractivity contribution is 6.37. The summed E-state index contributed by atoms with van der Waals surface area (Å²) in [4.78, 5) is 12.9. The molecule has 0 fully saturated rings. The van der Waals surface area contributed by atoms with Crippen LogP contribution >= 0.6 is 23.2 Å². The highest BCUT2D eigenvalue weighted by Gasteiger charge is 2.23. The number of nitrogens with zero attached hydrogens (tertiary/aromatic N) is 1. The van der Waals surface area contributed by atoms with Crippen LogP contribution in [0.15, 0.2) is 45.3 Å². The molecule has 2 N–H and O–H groups in total. The number of benzene rings is 2. The first-order valence-corrected chi connectivity index (χ1v) is 8.87. The first-order chi connectivity index (χ1) is 12.9. The predicted molar refractivity (Wildman–Crippen MR) is 105 cm³/mol. The van der Waals surface area contributed by atoms with Crippen molar-refractivity contribution in [2.24, 2.45) is 0 Å². The molecule has 0 saturated carbocycles. The van der Waals surface area contributed by atoms with E-state index in [0.29, 0.717) is 21.8 Å². The summed E-state index contributed by atoms with van der Waals surface area (Å²) in [6.07, 6.45) is 0. The maximum atomic E-state index is 12.9. The summed E-state index contributed by atoms with van der Waals surface area (Å²) in [7, 11) is 0. The molecule has 136 valence electrons. The van der Waals surface area contributed by atoms with E-state index >= 15 is 0 Å². The van der Waals surface area contributed by atoms with Crippen molar-refractivity contribution in [2.75, 3.05) is 5.73 Å². The number of rotatable bonds is 3. The minimum atomic E-state index is -0.399. The molecule has 0 saturated heterocycles. The quantitative estimate of drug-likeness (QED) is 0.437. The number of aryl methyl sites for hydroxylation is 2. The van der Waals surface area contributed by atoms with Crippen LogP contribution in [-0.2, 0) is 0 Å². The Morgan fingerprint density at radius 1 is 1.11 bits per heavy atom. The number of nitrogens with two attached hydrogens (primary N) is 1. The summed E-state index contributed by atoms with van der Waals surface area (Å²) >= 11 is 12.0. The van der Waals surface area contributed by atoms with Gasteiger partial charge in [0.1, 0.15) is 11.3 Å². The molecular formula is C20H14Cl2N2O3. The van der Waals surface area contributed by atoms with Crippen molar-refractivity contribution in [3.63, 3.8) is 0 Å². The molecule has 27 heavy (non-hydrogen) atoms. The average Bonchev–Trinajstić information content (AvgIpc) is 3.13. The lowest BCUT2D eigenvalue weighted by Crippen LogP contribution is -2.03. The molecule has 0 aliphatic heterocycles. The fourth-order valence-electron chi connectivity index (χ4n) is 3.13. The zero-order valence-electron chi connectivity index (χ0n) is 14.5. The summed E-state index contributed by atoms with van der Waals surface area (Å²) in [5, 5.41) is 5.30. The van der Waals surface area contributed by atoms with Crippen LogP contribution in [0.25, 0.3) is 22.1 Å². The fraction of sp³-hybridized carbons (Fsp3) is 0.100. The Labute approximate surface area is 164 Å². The van der Waals surface area contributed by atoms with E-state index in [4.69, 9.17) is 37.9 Å². The third kappa shape index (κ3) is 2.89. The molecule has 0 atom stereocenters. The highest BCUT2D eigenvalue weighted by Crippen LogP contribution is 2.36. The number of halogens is 2. The number of aromatic nitrogens is 1. The third-order valence-electron chi connectivity index (χ3n) is 4.43. The Morgan fingerprint density at radius 2 is 1.89 bits per heavy atom. The van der Waals surface area contributed by atoms with Gasteiger partial charge in [-0.3, -0.25) is 4.79 Å². The van der Waals surface area contributed by atoms with Gasteiger partial charge in [-0.1, -0.05) is 34.4 Å². The van der Waals surface area contributed by atoms with Crippen LogP contribution in [0, 0.1) is 13.8 Å². The zero-order chi connectivity index (χ0) is 19.3. The van der Waals surface area contributed by atoms with E-state index in [1.165, 1.54) is 6.07 Å². The van der Waals surface area contributed by atoms with Crippen LogP contribution in [-0.4, -0.2) is 10.9 Å². The number of hydrogen-bond donors (Lipinski definition) is 1. The maximum Gasteiger partial charge on any atom is 0.231 e. The van der Waals surface area contributed by atoms with Crippen molar-refractivity contribution >= 4 is 45.6 Å². The second kappa shape index (κ2) is 6.44. The Hall–Kier alpha value is -2.76. The van der Waals surface area contributed by atoms with Crippen LogP contribution in [0.1, 0.15) is 27.6 Å². The molecule has 0 spiro atoms. The average molecular weight is 401 g/mol. The third-order valence-corrected chi connectivity index (χ3v) is 4.98. The highest BCUT2D eigenvalue weighted by atomic mass is 35.5. The lowest BCUT2D eigenvalue weighted by Gasteiger charge is -2.02. The van der Waals surface area contributed by atoms with Crippen LogP contribution < -0.4 is 5.73 Å². The molecule has 0 aliphatic carbocycles. The monoisotopic (exact) mass is 400 g/mol. The van der Waals surface area contributed by atoms with Crippen molar-refractivity contribution in [1.82, 2.24) is 5.16 Å². The molecule has 2 aromatic heterocycles. The second-order valence-electron chi connectivity index (χ2n) is 6.21. The standard InChI is InChI=1S/C20H14Cl2N2O3/c1-9-17(10(2)27-24-9)11-3-5-14-16(7-11)26-20(18(14)23)19(25)13-6-4-12(21)8-15(13)22/h3-8H,23H2,1-2H3. The van der Waals surface area contributed by atoms with Crippen molar-refractivity contribution in [2.45, 2.75) is 13.8 Å². The topological polar surface area (TPSA) is 82.3 Å². The number of fused-ring (bicyclic) bond motifs is 1. The van der Waals surface area contributed by atoms with Gasteiger partial charge >= 0.3 is 0 Å². The van der Waals surface area contributed by atoms with Gasteiger partial charge < -0.3 is 14.7 Å². The summed E-state index contributed by atoms with van der Waals surface area (Å²) in [6, 6.07) is 10.2. The van der Waals surface area contributed by atoms with Crippen molar-refractivity contribution in [3.05, 3.63) is 69.2 Å². The number of nitrogen functional groups attached to an aromatic ring is 1. The molecule has 7 heteroatoms. The number of anilines is 1. The van der Waals surface area contributed by atoms with Gasteiger partial charge in [0.05, 0.1) is 16.4 Å². The smallest absolute Gasteiger partial charge is 0.231 e. The SMILES string of the molecule is Cc1noc(C)c1-c1ccc2c(N)c(C(=O)c3ccc(Cl)cc3Cl)oc2c1. The lowest BCUT2D eigenvalue weighted by molar-refractivity contribution is 0.101. The summed E-state index contributed by atoms with van der Waals surface area (Å²) in [6.45, 7) is 3.71. The maximum absolute atomic E-state index is 12.9. The Kier molecular flexibility index (Phi) is 4.21. The van der Waals surface area contributed by atoms with Gasteiger partial charge in [0.25, 0.3) is 0 Å². The minimum absolute atomic E-state index is 0.0464. The first-order valence-electron chi connectivity index (χ1n) is 8.12. The molecule has 4 aromatic rings. The Balaban J connectivity index is 1.83. The van der Waals surface area contributed by atoms with E-state index in [9.17, 15) is 4.79 Å². The zero-order valence-corrected chi connectivity index (χ0v) is 16.0. The van der Waals surface area contributed by atoms with Gasteiger partial charge in [-0.25, -0.2) is 0 Å². The fourth-order valence-corrected chi connectivity index (χ4v) is 3.63. The van der Waals surface area contributed by atoms with Crippen LogP contribution in [0.4, 0.5) is 5.69 Å². The van der Waals surface area contributed by atoms with E-state index in [-0.39, 0.29) is 22.0 Å². The Bertz CT molecular complexity index is 1190. The van der Waals surface area contributed by atoms with Gasteiger partial charge in [0.2, 0.25) is 5.78 Å². The summed E-state index contributed by atoms with van der Waals surface area (Å²) in [5.41, 5.74) is 9.75. The van der Waals surface area contributed by atoms with E-state index < -0.39 is 5.78 Å². The van der Waals surface area contributed by atoms with Crippen molar-refractivity contribution < 1.29 is 13.7 Å². The largest absolute Gasteiger partial charge is 0.450 e. The minimum Gasteiger partial charge on any atom is -0.450 e. The van der Waals surface area contributed by atoms with E-state index in [2.05, 4.69) is 5.16 Å². The van der Waals surface area contributed by atoms with E-state index in [0.717, 1.165) is 16.8 Å². The number of carbonyl (C=O) groups excluding carboxylic acids is 1. The molecular weight excluding hydrogens is 387 g/mol. The van der Waals surface area contributed by atoms with Gasteiger partial charge in [-0.05, 0) is 49.7 Å². The number of ketones is 1. The van der Waals surface area contributed by atoms with Gasteiger partial charge in [-0.15, -0.1) is 0 Å². The van der Waals surface area contributed by atoms with Crippen molar-refractivity contribution in [3.8, 4) is 11.1 Å². The molecule has 5 nitrogen and oxygen atoms in total. The molecule has 0 radical (unpaired) electrons. The molecule has 0 unspecified atom stereocenters. The number of furan rings is 1. The molecule has 2 aromatic carbocycles. The predicted octanol–water partition coefficient (Wildman–Crippen LogP) is 5.82. The second-order valence-corrected chi connectivity index (χ2v) is 7.05. The van der Waals surface area contributed by atoms with Gasteiger partial charge in [0, 0.05) is 21.5 Å². The van der Waals surface area contributed by atoms with Crippen LogP contribution in [0.5, 0.6) is 0 Å². The number of carbonyl (C=O) groups is 1. The van der Waals surface area contributed by atoms with E-state index in [1.807, 2.05) is 32.0 Å². The summed E-state index contributed by atoms with van der Waals surface area (Å²) < 4.78 is 11.0. The van der Waals surface area contributed by atoms with Gasteiger partial charge in [-0.2, -0.15) is 0 Å². The molecule has 0 amide bonds. The molecule has 0 aliphatic rings. The molecule has 2 heterocycles.